The van der Waals surface area contributed by atoms with Crippen molar-refractivity contribution in [2.75, 3.05) is 7.05 Å². The van der Waals surface area contributed by atoms with Crippen molar-refractivity contribution in [2.45, 2.75) is 20.4 Å². The molecule has 7 heteroatoms. The number of pyridine rings is 1. The molecule has 0 aliphatic carbocycles. The Balaban J connectivity index is 1.75. The quantitative estimate of drug-likeness (QED) is 0.736. The lowest BCUT2D eigenvalue weighted by molar-refractivity contribution is 0.0770. The number of hydrogen-bond acceptors (Lipinski definition) is 6. The molecule has 0 atom stereocenters. The van der Waals surface area contributed by atoms with E-state index in [4.69, 9.17) is 9.05 Å². The summed E-state index contributed by atoms with van der Waals surface area (Å²) in [5.74, 6) is 0.913. The van der Waals surface area contributed by atoms with E-state index in [1.54, 1.807) is 33.2 Å². The second-order valence-corrected chi connectivity index (χ2v) is 5.25. The zero-order valence-electron chi connectivity index (χ0n) is 13.1. The number of hydrogen-bond donors (Lipinski definition) is 0. The zero-order chi connectivity index (χ0) is 16.4. The number of nitrogens with zero attached hydrogens (tertiary/aromatic N) is 4. The van der Waals surface area contributed by atoms with Crippen LogP contribution < -0.4 is 0 Å². The Labute approximate surface area is 132 Å². The van der Waals surface area contributed by atoms with Crippen molar-refractivity contribution < 1.29 is 13.8 Å². The summed E-state index contributed by atoms with van der Waals surface area (Å²) in [7, 11) is 1.69. The van der Waals surface area contributed by atoms with Gasteiger partial charge in [0, 0.05) is 19.3 Å². The van der Waals surface area contributed by atoms with E-state index in [0.29, 0.717) is 35.0 Å². The first kappa shape index (κ1) is 15.0. The predicted molar refractivity (Wildman–Crippen MR) is 81.5 cm³/mol. The summed E-state index contributed by atoms with van der Waals surface area (Å²) in [6, 6.07) is 7.34. The van der Waals surface area contributed by atoms with Crippen molar-refractivity contribution in [1.29, 1.82) is 0 Å². The average Bonchev–Trinajstić information content (AvgIpc) is 3.14. The molecule has 0 N–H and O–H groups in total. The number of carbonyl (C=O) groups is 1. The fraction of sp³-hybridized carbons (Fsp3) is 0.250. The van der Waals surface area contributed by atoms with Gasteiger partial charge in [-0.05, 0) is 26.0 Å². The molecule has 3 aromatic rings. The molecule has 0 unspecified atom stereocenters. The summed E-state index contributed by atoms with van der Waals surface area (Å²) in [4.78, 5) is 18.2. The van der Waals surface area contributed by atoms with Gasteiger partial charge in [-0.2, -0.15) is 0 Å². The van der Waals surface area contributed by atoms with Crippen LogP contribution in [-0.2, 0) is 6.54 Å². The standard InChI is InChI=1S/C16H16N4O3/c1-10-15(11(2)22-18-10)16(21)20(3)9-12-8-14(19-23-12)13-6-4-5-7-17-13/h4-8H,9H2,1-3H3. The van der Waals surface area contributed by atoms with Crippen molar-refractivity contribution >= 4 is 5.91 Å². The molecule has 0 aromatic carbocycles. The number of carbonyl (C=O) groups excluding carboxylic acids is 1. The minimum atomic E-state index is -0.169. The topological polar surface area (TPSA) is 85.3 Å². The Morgan fingerprint density at radius 2 is 2.00 bits per heavy atom. The zero-order valence-corrected chi connectivity index (χ0v) is 13.1. The van der Waals surface area contributed by atoms with Crippen molar-refractivity contribution in [2.24, 2.45) is 0 Å². The lowest BCUT2D eigenvalue weighted by atomic mass is 10.2. The Kier molecular flexibility index (Phi) is 3.92. The van der Waals surface area contributed by atoms with Gasteiger partial charge in [0.1, 0.15) is 17.0 Å². The van der Waals surface area contributed by atoms with Gasteiger partial charge in [0.2, 0.25) is 0 Å². The van der Waals surface area contributed by atoms with Crippen LogP contribution in [0.5, 0.6) is 0 Å². The number of rotatable bonds is 4. The Morgan fingerprint density at radius 3 is 2.65 bits per heavy atom. The van der Waals surface area contributed by atoms with Crippen LogP contribution in [0.15, 0.2) is 39.5 Å². The van der Waals surface area contributed by atoms with Gasteiger partial charge >= 0.3 is 0 Å². The maximum atomic E-state index is 12.5. The fourth-order valence-electron chi connectivity index (χ4n) is 2.31. The first-order chi connectivity index (χ1) is 11.1. The van der Waals surface area contributed by atoms with Crippen LogP contribution in [0.25, 0.3) is 11.4 Å². The van der Waals surface area contributed by atoms with E-state index < -0.39 is 0 Å². The normalized spacial score (nSPS) is 10.7. The molecular weight excluding hydrogens is 296 g/mol. The van der Waals surface area contributed by atoms with Gasteiger partial charge < -0.3 is 13.9 Å². The highest BCUT2D eigenvalue weighted by molar-refractivity contribution is 5.95. The second-order valence-electron chi connectivity index (χ2n) is 5.25. The molecule has 3 heterocycles. The highest BCUT2D eigenvalue weighted by Gasteiger charge is 2.22. The van der Waals surface area contributed by atoms with E-state index in [1.165, 1.54) is 4.90 Å². The fourth-order valence-corrected chi connectivity index (χ4v) is 2.31. The van der Waals surface area contributed by atoms with E-state index in [1.807, 2.05) is 18.2 Å². The molecule has 0 aliphatic rings. The Hall–Kier alpha value is -2.96. The summed E-state index contributed by atoms with van der Waals surface area (Å²) in [5.41, 5.74) is 2.42. The van der Waals surface area contributed by atoms with Gasteiger partial charge in [-0.3, -0.25) is 9.78 Å². The van der Waals surface area contributed by atoms with Crippen LogP contribution in [0.3, 0.4) is 0 Å². The highest BCUT2D eigenvalue weighted by atomic mass is 16.5. The molecule has 3 aromatic heterocycles. The smallest absolute Gasteiger partial charge is 0.259 e. The number of aromatic nitrogens is 3. The number of amides is 1. The first-order valence-electron chi connectivity index (χ1n) is 7.11. The summed E-state index contributed by atoms with van der Waals surface area (Å²) in [6.45, 7) is 3.75. The molecule has 0 bridgehead atoms. The third-order valence-corrected chi connectivity index (χ3v) is 3.47. The minimum absolute atomic E-state index is 0.169. The molecule has 23 heavy (non-hydrogen) atoms. The SMILES string of the molecule is Cc1noc(C)c1C(=O)N(C)Cc1cc(-c2ccccn2)no1. The third kappa shape index (κ3) is 2.98. The van der Waals surface area contributed by atoms with Crippen molar-refractivity contribution in [3.63, 3.8) is 0 Å². The molecule has 1 amide bonds. The molecule has 0 saturated carbocycles. The van der Waals surface area contributed by atoms with E-state index >= 15 is 0 Å². The number of aryl methyl sites for hydroxylation is 2. The molecule has 3 rings (SSSR count). The summed E-state index contributed by atoms with van der Waals surface area (Å²) < 4.78 is 10.3. The summed E-state index contributed by atoms with van der Waals surface area (Å²) in [5, 5.41) is 7.79. The molecule has 0 aliphatic heterocycles. The van der Waals surface area contributed by atoms with Crippen LogP contribution in [0, 0.1) is 13.8 Å². The second kappa shape index (κ2) is 6.04. The van der Waals surface area contributed by atoms with Crippen molar-refractivity contribution in [1.82, 2.24) is 20.2 Å². The Morgan fingerprint density at radius 1 is 1.17 bits per heavy atom. The van der Waals surface area contributed by atoms with Crippen molar-refractivity contribution in [3.8, 4) is 11.4 Å². The predicted octanol–water partition coefficient (Wildman–Crippen LogP) is 2.61. The maximum absolute atomic E-state index is 12.5. The van der Waals surface area contributed by atoms with E-state index in [2.05, 4.69) is 15.3 Å². The summed E-state index contributed by atoms with van der Waals surface area (Å²) in [6.07, 6.45) is 1.69. The van der Waals surface area contributed by atoms with Gasteiger partial charge in [0.05, 0.1) is 17.9 Å². The molecule has 7 nitrogen and oxygen atoms in total. The monoisotopic (exact) mass is 312 g/mol. The van der Waals surface area contributed by atoms with Crippen LogP contribution in [0.2, 0.25) is 0 Å². The van der Waals surface area contributed by atoms with Crippen molar-refractivity contribution in [3.05, 3.63) is 53.2 Å². The summed E-state index contributed by atoms with van der Waals surface area (Å²) >= 11 is 0. The van der Waals surface area contributed by atoms with Gasteiger partial charge in [0.15, 0.2) is 5.76 Å². The Bertz CT molecular complexity index is 803. The molecule has 0 saturated heterocycles. The minimum Gasteiger partial charge on any atom is -0.361 e. The van der Waals surface area contributed by atoms with Crippen LogP contribution >= 0.6 is 0 Å². The van der Waals surface area contributed by atoms with E-state index in [0.717, 1.165) is 5.69 Å². The first-order valence-corrected chi connectivity index (χ1v) is 7.11. The van der Waals surface area contributed by atoms with Crippen LogP contribution in [0.4, 0.5) is 0 Å². The maximum Gasteiger partial charge on any atom is 0.259 e. The molecule has 0 fully saturated rings. The highest BCUT2D eigenvalue weighted by Crippen LogP contribution is 2.19. The largest absolute Gasteiger partial charge is 0.361 e. The third-order valence-electron chi connectivity index (χ3n) is 3.47. The molecular formula is C16H16N4O3. The molecule has 0 radical (unpaired) electrons. The van der Waals surface area contributed by atoms with E-state index in [9.17, 15) is 4.79 Å². The molecule has 0 spiro atoms. The average molecular weight is 312 g/mol. The van der Waals surface area contributed by atoms with Gasteiger partial charge in [-0.15, -0.1) is 0 Å². The van der Waals surface area contributed by atoms with Gasteiger partial charge in [0.25, 0.3) is 5.91 Å². The lowest BCUT2D eigenvalue weighted by Gasteiger charge is -2.14. The van der Waals surface area contributed by atoms with Crippen LogP contribution in [0.1, 0.15) is 27.6 Å². The van der Waals surface area contributed by atoms with Crippen LogP contribution in [-0.4, -0.2) is 33.2 Å². The van der Waals surface area contributed by atoms with Gasteiger partial charge in [-0.25, -0.2) is 0 Å². The molecule has 118 valence electrons. The van der Waals surface area contributed by atoms with Gasteiger partial charge in [-0.1, -0.05) is 16.4 Å². The lowest BCUT2D eigenvalue weighted by Crippen LogP contribution is -2.26. The van der Waals surface area contributed by atoms with E-state index in [-0.39, 0.29) is 5.91 Å².